The molecule has 1 aliphatic rings. The van der Waals surface area contributed by atoms with Crippen LogP contribution in [0.1, 0.15) is 17.2 Å². The van der Waals surface area contributed by atoms with E-state index in [2.05, 4.69) is 5.32 Å². The van der Waals surface area contributed by atoms with Gasteiger partial charge in [0.1, 0.15) is 6.10 Å². The second kappa shape index (κ2) is 3.50. The maximum absolute atomic E-state index is 10.8. The van der Waals surface area contributed by atoms with Gasteiger partial charge in [0.15, 0.2) is 0 Å². The fraction of sp³-hybridized carbons (Fsp3) is 0.300. The molecular weight excluding hydrogens is 202 g/mol. The van der Waals surface area contributed by atoms with E-state index in [1.807, 2.05) is 25.1 Å². The van der Waals surface area contributed by atoms with Crippen molar-refractivity contribution in [1.29, 1.82) is 0 Å². The van der Waals surface area contributed by atoms with Gasteiger partial charge in [-0.1, -0.05) is 29.3 Å². The SMILES string of the molecule is Cc1ccc(Cl)c(C2CNC(=O)O2)c1. The Hall–Kier alpha value is -1.22. The molecule has 1 amide bonds. The number of rotatable bonds is 1. The number of aryl methyl sites for hydroxylation is 1. The first-order valence-corrected chi connectivity index (χ1v) is 4.75. The van der Waals surface area contributed by atoms with Gasteiger partial charge in [0.2, 0.25) is 0 Å². The Labute approximate surface area is 87.0 Å². The van der Waals surface area contributed by atoms with Crippen LogP contribution in [0.5, 0.6) is 0 Å². The van der Waals surface area contributed by atoms with Crippen LogP contribution in [0.2, 0.25) is 5.02 Å². The standard InChI is InChI=1S/C10H10ClNO2/c1-6-2-3-8(11)7(4-6)9-5-12-10(13)14-9/h2-4,9H,5H2,1H3,(H,12,13). The largest absolute Gasteiger partial charge is 0.439 e. The van der Waals surface area contributed by atoms with Gasteiger partial charge in [-0.25, -0.2) is 4.79 Å². The van der Waals surface area contributed by atoms with Crippen molar-refractivity contribution in [3.63, 3.8) is 0 Å². The highest BCUT2D eigenvalue weighted by Crippen LogP contribution is 2.28. The molecule has 1 heterocycles. The first-order chi connectivity index (χ1) is 6.66. The predicted octanol–water partition coefficient (Wildman–Crippen LogP) is 2.43. The molecule has 14 heavy (non-hydrogen) atoms. The molecule has 0 saturated carbocycles. The van der Waals surface area contributed by atoms with E-state index < -0.39 is 0 Å². The maximum atomic E-state index is 10.8. The number of hydrogen-bond acceptors (Lipinski definition) is 2. The van der Waals surface area contributed by atoms with Crippen molar-refractivity contribution < 1.29 is 9.53 Å². The average molecular weight is 212 g/mol. The smallest absolute Gasteiger partial charge is 0.407 e. The number of benzene rings is 1. The molecule has 1 saturated heterocycles. The van der Waals surface area contributed by atoms with Gasteiger partial charge >= 0.3 is 6.09 Å². The predicted molar refractivity (Wildman–Crippen MR) is 53.4 cm³/mol. The Morgan fingerprint density at radius 3 is 3.00 bits per heavy atom. The van der Waals surface area contributed by atoms with E-state index in [1.54, 1.807) is 0 Å². The fourth-order valence-corrected chi connectivity index (χ4v) is 1.71. The zero-order valence-electron chi connectivity index (χ0n) is 7.71. The van der Waals surface area contributed by atoms with Crippen molar-refractivity contribution in [3.05, 3.63) is 34.3 Å². The summed E-state index contributed by atoms with van der Waals surface area (Å²) in [6.07, 6.45) is -0.637. The second-order valence-electron chi connectivity index (χ2n) is 3.30. The molecule has 1 atom stereocenters. The molecule has 0 spiro atoms. The minimum atomic E-state index is -0.382. The van der Waals surface area contributed by atoms with Crippen molar-refractivity contribution >= 4 is 17.7 Å². The van der Waals surface area contributed by atoms with Gasteiger partial charge in [-0.3, -0.25) is 0 Å². The van der Waals surface area contributed by atoms with Gasteiger partial charge in [-0.2, -0.15) is 0 Å². The normalized spacial score (nSPS) is 20.4. The lowest BCUT2D eigenvalue weighted by atomic mass is 10.1. The van der Waals surface area contributed by atoms with Gasteiger partial charge in [0, 0.05) is 10.6 Å². The lowest BCUT2D eigenvalue weighted by Gasteiger charge is -2.10. The lowest BCUT2D eigenvalue weighted by molar-refractivity contribution is 0.141. The Morgan fingerprint density at radius 1 is 1.57 bits per heavy atom. The van der Waals surface area contributed by atoms with E-state index in [1.165, 1.54) is 0 Å². The summed E-state index contributed by atoms with van der Waals surface area (Å²) in [7, 11) is 0. The van der Waals surface area contributed by atoms with Crippen LogP contribution in [0.3, 0.4) is 0 Å². The zero-order valence-corrected chi connectivity index (χ0v) is 8.47. The topological polar surface area (TPSA) is 38.3 Å². The van der Waals surface area contributed by atoms with Gasteiger partial charge in [-0.15, -0.1) is 0 Å². The Balaban J connectivity index is 2.31. The highest BCUT2D eigenvalue weighted by Gasteiger charge is 2.25. The summed E-state index contributed by atoms with van der Waals surface area (Å²) < 4.78 is 5.05. The van der Waals surface area contributed by atoms with Crippen LogP contribution in [-0.2, 0) is 4.74 Å². The number of cyclic esters (lactones) is 1. The van der Waals surface area contributed by atoms with E-state index in [0.717, 1.165) is 11.1 Å². The summed E-state index contributed by atoms with van der Waals surface area (Å²) in [4.78, 5) is 10.8. The molecule has 0 radical (unpaired) electrons. The van der Waals surface area contributed by atoms with Crippen molar-refractivity contribution in [3.8, 4) is 0 Å². The summed E-state index contributed by atoms with van der Waals surface area (Å²) in [5.74, 6) is 0. The van der Waals surface area contributed by atoms with Gasteiger partial charge in [-0.05, 0) is 13.0 Å². The minimum Gasteiger partial charge on any atom is -0.439 e. The summed E-state index contributed by atoms with van der Waals surface area (Å²) >= 11 is 6.00. The van der Waals surface area contributed by atoms with Crippen molar-refractivity contribution in [2.24, 2.45) is 0 Å². The van der Waals surface area contributed by atoms with E-state index in [9.17, 15) is 4.79 Å². The molecule has 1 aromatic carbocycles. The van der Waals surface area contributed by atoms with Crippen LogP contribution in [0, 0.1) is 6.92 Å². The molecule has 1 fully saturated rings. The summed E-state index contributed by atoms with van der Waals surface area (Å²) in [5, 5.41) is 3.23. The van der Waals surface area contributed by atoms with E-state index >= 15 is 0 Å². The monoisotopic (exact) mass is 211 g/mol. The van der Waals surface area contributed by atoms with Crippen LogP contribution in [0.25, 0.3) is 0 Å². The molecule has 0 aromatic heterocycles. The Morgan fingerprint density at radius 2 is 2.36 bits per heavy atom. The minimum absolute atomic E-state index is 0.255. The maximum Gasteiger partial charge on any atom is 0.407 e. The number of carbonyl (C=O) groups excluding carboxylic acids is 1. The molecule has 3 nitrogen and oxygen atoms in total. The molecule has 1 aromatic rings. The van der Waals surface area contributed by atoms with Crippen LogP contribution >= 0.6 is 11.6 Å². The highest BCUT2D eigenvalue weighted by molar-refractivity contribution is 6.31. The third-order valence-electron chi connectivity index (χ3n) is 2.18. The van der Waals surface area contributed by atoms with Crippen LogP contribution in [0.15, 0.2) is 18.2 Å². The number of hydrogen-bond donors (Lipinski definition) is 1. The van der Waals surface area contributed by atoms with E-state index in [-0.39, 0.29) is 12.2 Å². The van der Waals surface area contributed by atoms with Gasteiger partial charge in [0.05, 0.1) is 6.54 Å². The fourth-order valence-electron chi connectivity index (χ4n) is 1.47. The quantitative estimate of drug-likeness (QED) is 0.775. The molecule has 74 valence electrons. The highest BCUT2D eigenvalue weighted by atomic mass is 35.5. The number of carbonyl (C=O) groups is 1. The first kappa shape index (κ1) is 9.34. The Kier molecular flexibility index (Phi) is 2.33. The number of halogens is 1. The number of amides is 1. The van der Waals surface area contributed by atoms with Crippen LogP contribution < -0.4 is 5.32 Å². The lowest BCUT2D eigenvalue weighted by Crippen LogP contribution is -2.12. The Bertz CT molecular complexity index is 378. The van der Waals surface area contributed by atoms with Crippen LogP contribution in [0.4, 0.5) is 4.79 Å². The average Bonchev–Trinajstić information content (AvgIpc) is 2.56. The second-order valence-corrected chi connectivity index (χ2v) is 3.71. The summed E-state index contributed by atoms with van der Waals surface area (Å²) in [6.45, 7) is 2.46. The zero-order chi connectivity index (χ0) is 10.1. The molecule has 2 rings (SSSR count). The van der Waals surface area contributed by atoms with Gasteiger partial charge < -0.3 is 10.1 Å². The van der Waals surface area contributed by atoms with E-state index in [4.69, 9.17) is 16.3 Å². The first-order valence-electron chi connectivity index (χ1n) is 4.37. The summed E-state index contributed by atoms with van der Waals surface area (Å²) in [6, 6.07) is 5.68. The third kappa shape index (κ3) is 1.68. The van der Waals surface area contributed by atoms with Crippen LogP contribution in [-0.4, -0.2) is 12.6 Å². The van der Waals surface area contributed by atoms with E-state index in [0.29, 0.717) is 11.6 Å². The number of ether oxygens (including phenoxy) is 1. The molecule has 0 aliphatic carbocycles. The van der Waals surface area contributed by atoms with Crippen molar-refractivity contribution in [2.45, 2.75) is 13.0 Å². The molecular formula is C10H10ClNO2. The number of alkyl carbamates (subject to hydrolysis) is 1. The van der Waals surface area contributed by atoms with Crippen molar-refractivity contribution in [1.82, 2.24) is 5.32 Å². The van der Waals surface area contributed by atoms with Crippen molar-refractivity contribution in [2.75, 3.05) is 6.54 Å². The molecule has 1 aliphatic heterocycles. The molecule has 1 N–H and O–H groups in total. The third-order valence-corrected chi connectivity index (χ3v) is 2.52. The molecule has 0 bridgehead atoms. The molecule has 4 heteroatoms. The molecule has 1 unspecified atom stereocenters. The van der Waals surface area contributed by atoms with Gasteiger partial charge in [0.25, 0.3) is 0 Å². The summed E-state index contributed by atoms with van der Waals surface area (Å²) in [5.41, 5.74) is 1.97. The number of nitrogens with one attached hydrogen (secondary N) is 1.